The van der Waals surface area contributed by atoms with Gasteiger partial charge in [0.2, 0.25) is 0 Å². The number of hydrogen-bond donors (Lipinski definition) is 0. The maximum absolute atomic E-state index is 13.0. The smallest absolute Gasteiger partial charge is 0.263 e. The standard InChI is InChI=1S/C26H20N4O2/c1-26-11-4-3-7-20(26)19-12-16(17-13-27-15-28-14-17)9-10-21(19)30(26)22-8-5-6-18-23(22)25(32)29(2)24(18)31/h3-15,20H,1-2H3. The number of fused-ring (bicyclic) bond motifs is 4. The Morgan fingerprint density at radius 3 is 2.56 bits per heavy atom. The van der Waals surface area contributed by atoms with Crippen molar-refractivity contribution in [2.24, 2.45) is 0 Å². The summed E-state index contributed by atoms with van der Waals surface area (Å²) in [4.78, 5) is 37.4. The summed E-state index contributed by atoms with van der Waals surface area (Å²) in [5.41, 5.74) is 5.45. The molecule has 0 spiro atoms. The highest BCUT2D eigenvalue weighted by Gasteiger charge is 2.49. The molecule has 6 heteroatoms. The van der Waals surface area contributed by atoms with Gasteiger partial charge in [-0.2, -0.15) is 0 Å². The lowest BCUT2D eigenvalue weighted by molar-refractivity contribution is 0.0693. The van der Waals surface area contributed by atoms with Gasteiger partial charge in [-0.05, 0) is 42.3 Å². The minimum Gasteiger partial charge on any atom is -0.330 e. The average molecular weight is 420 g/mol. The molecule has 2 unspecified atom stereocenters. The van der Waals surface area contributed by atoms with Crippen molar-refractivity contribution >= 4 is 23.2 Å². The fourth-order valence-electron chi connectivity index (χ4n) is 5.21. The number of hydrogen-bond acceptors (Lipinski definition) is 5. The van der Waals surface area contributed by atoms with Crippen molar-refractivity contribution in [2.45, 2.75) is 18.4 Å². The lowest BCUT2D eigenvalue weighted by Gasteiger charge is -2.39. The molecule has 156 valence electrons. The van der Waals surface area contributed by atoms with E-state index in [1.807, 2.05) is 18.2 Å². The third kappa shape index (κ3) is 2.35. The molecule has 0 saturated heterocycles. The van der Waals surface area contributed by atoms with Gasteiger partial charge in [0.15, 0.2) is 0 Å². The van der Waals surface area contributed by atoms with Gasteiger partial charge < -0.3 is 4.90 Å². The normalized spacial score (nSPS) is 22.9. The van der Waals surface area contributed by atoms with E-state index in [9.17, 15) is 9.59 Å². The molecule has 0 radical (unpaired) electrons. The van der Waals surface area contributed by atoms with E-state index in [0.717, 1.165) is 28.1 Å². The van der Waals surface area contributed by atoms with Crippen LogP contribution in [0.1, 0.15) is 39.1 Å². The Labute approximate surface area is 185 Å². The number of rotatable bonds is 2. The van der Waals surface area contributed by atoms with Gasteiger partial charge in [0, 0.05) is 36.6 Å². The molecule has 3 aliphatic rings. The molecular weight excluding hydrogens is 400 g/mol. The van der Waals surface area contributed by atoms with Crippen LogP contribution in [0, 0.1) is 0 Å². The Kier molecular flexibility index (Phi) is 3.78. The van der Waals surface area contributed by atoms with Crippen LogP contribution in [0.5, 0.6) is 0 Å². The lowest BCUT2D eigenvalue weighted by atomic mass is 9.80. The first-order valence-electron chi connectivity index (χ1n) is 10.5. The number of carbonyl (C=O) groups is 2. The summed E-state index contributed by atoms with van der Waals surface area (Å²) in [7, 11) is 1.54. The summed E-state index contributed by atoms with van der Waals surface area (Å²) in [6.45, 7) is 2.17. The number of amides is 2. The zero-order valence-electron chi connectivity index (χ0n) is 17.7. The van der Waals surface area contributed by atoms with Gasteiger partial charge in [0.25, 0.3) is 11.8 Å². The molecule has 1 aliphatic carbocycles. The van der Waals surface area contributed by atoms with Crippen LogP contribution in [-0.2, 0) is 0 Å². The van der Waals surface area contributed by atoms with Crippen molar-refractivity contribution in [1.82, 2.24) is 14.9 Å². The molecule has 32 heavy (non-hydrogen) atoms. The van der Waals surface area contributed by atoms with Crippen molar-refractivity contribution in [3.05, 3.63) is 96.1 Å². The number of benzene rings is 2. The second-order valence-electron chi connectivity index (χ2n) is 8.55. The first-order valence-corrected chi connectivity index (χ1v) is 10.5. The summed E-state index contributed by atoms with van der Waals surface area (Å²) in [6.07, 6.45) is 13.6. The van der Waals surface area contributed by atoms with E-state index in [0.29, 0.717) is 11.1 Å². The van der Waals surface area contributed by atoms with E-state index in [4.69, 9.17) is 0 Å². The first-order chi connectivity index (χ1) is 15.5. The Bertz CT molecular complexity index is 1360. The summed E-state index contributed by atoms with van der Waals surface area (Å²) in [6, 6.07) is 11.9. The van der Waals surface area contributed by atoms with E-state index >= 15 is 0 Å². The number of aromatic nitrogens is 2. The molecule has 3 heterocycles. The van der Waals surface area contributed by atoms with Gasteiger partial charge in [-0.25, -0.2) is 9.97 Å². The Morgan fingerprint density at radius 1 is 0.938 bits per heavy atom. The minimum absolute atomic E-state index is 0.0906. The zero-order valence-corrected chi connectivity index (χ0v) is 17.7. The van der Waals surface area contributed by atoms with Gasteiger partial charge in [-0.3, -0.25) is 14.5 Å². The van der Waals surface area contributed by atoms with Crippen LogP contribution in [0.4, 0.5) is 11.4 Å². The molecule has 6 nitrogen and oxygen atoms in total. The molecule has 2 aliphatic heterocycles. The zero-order chi connectivity index (χ0) is 22.0. The molecule has 1 aromatic heterocycles. The topological polar surface area (TPSA) is 66.4 Å². The highest BCUT2D eigenvalue weighted by molar-refractivity contribution is 6.24. The van der Waals surface area contributed by atoms with Gasteiger partial charge in [0.05, 0.1) is 22.4 Å². The van der Waals surface area contributed by atoms with E-state index in [1.165, 1.54) is 18.3 Å². The number of imide groups is 1. The van der Waals surface area contributed by atoms with Crippen LogP contribution in [0.15, 0.2) is 79.4 Å². The number of anilines is 2. The van der Waals surface area contributed by atoms with Crippen LogP contribution in [-0.4, -0.2) is 39.3 Å². The maximum atomic E-state index is 13.0. The predicted molar refractivity (Wildman–Crippen MR) is 122 cm³/mol. The summed E-state index contributed by atoms with van der Waals surface area (Å²) >= 11 is 0. The molecule has 6 rings (SSSR count). The van der Waals surface area contributed by atoms with E-state index in [1.54, 1.807) is 18.5 Å². The monoisotopic (exact) mass is 420 g/mol. The van der Waals surface area contributed by atoms with Crippen LogP contribution < -0.4 is 4.90 Å². The molecule has 0 saturated carbocycles. The molecule has 2 aromatic carbocycles. The van der Waals surface area contributed by atoms with Crippen LogP contribution in [0.2, 0.25) is 0 Å². The molecule has 0 N–H and O–H groups in total. The van der Waals surface area contributed by atoms with Gasteiger partial charge in [-0.1, -0.05) is 36.4 Å². The fourth-order valence-corrected chi connectivity index (χ4v) is 5.21. The summed E-state index contributed by atoms with van der Waals surface area (Å²) in [5.74, 6) is -0.429. The molecule has 2 atom stereocenters. The fraction of sp³-hybridized carbons (Fsp3) is 0.154. The molecule has 3 aromatic rings. The highest BCUT2D eigenvalue weighted by Crippen LogP contribution is 2.55. The number of allylic oxidation sites excluding steroid dienone is 2. The second kappa shape index (κ2) is 6.47. The Morgan fingerprint density at radius 2 is 1.75 bits per heavy atom. The van der Waals surface area contributed by atoms with E-state index in [2.05, 4.69) is 58.2 Å². The van der Waals surface area contributed by atoms with Crippen molar-refractivity contribution in [2.75, 3.05) is 11.9 Å². The third-order valence-corrected chi connectivity index (χ3v) is 6.79. The van der Waals surface area contributed by atoms with Crippen molar-refractivity contribution < 1.29 is 9.59 Å². The van der Waals surface area contributed by atoms with Gasteiger partial charge >= 0.3 is 0 Å². The van der Waals surface area contributed by atoms with Crippen molar-refractivity contribution in [3.8, 4) is 11.1 Å². The second-order valence-corrected chi connectivity index (χ2v) is 8.55. The largest absolute Gasteiger partial charge is 0.330 e. The van der Waals surface area contributed by atoms with E-state index < -0.39 is 5.54 Å². The third-order valence-electron chi connectivity index (χ3n) is 6.79. The number of carbonyl (C=O) groups excluding carboxylic acids is 2. The van der Waals surface area contributed by atoms with Crippen LogP contribution in [0.3, 0.4) is 0 Å². The van der Waals surface area contributed by atoms with Gasteiger partial charge in [0.1, 0.15) is 6.33 Å². The number of nitrogens with zero attached hydrogens (tertiary/aromatic N) is 4. The maximum Gasteiger partial charge on any atom is 0.263 e. The predicted octanol–water partition coefficient (Wildman–Crippen LogP) is 4.49. The molecule has 0 bridgehead atoms. The molecular formula is C26H20N4O2. The summed E-state index contributed by atoms with van der Waals surface area (Å²) in [5, 5.41) is 0. The Balaban J connectivity index is 1.59. The molecule has 2 amide bonds. The quantitative estimate of drug-likeness (QED) is 0.572. The Hall–Kier alpha value is -4.06. The van der Waals surface area contributed by atoms with Crippen LogP contribution in [0.25, 0.3) is 11.1 Å². The molecule has 0 fully saturated rings. The highest BCUT2D eigenvalue weighted by atomic mass is 16.2. The van der Waals surface area contributed by atoms with Crippen molar-refractivity contribution in [3.63, 3.8) is 0 Å². The van der Waals surface area contributed by atoms with Crippen molar-refractivity contribution in [1.29, 1.82) is 0 Å². The summed E-state index contributed by atoms with van der Waals surface area (Å²) < 4.78 is 0. The average Bonchev–Trinajstić information content (AvgIpc) is 3.22. The van der Waals surface area contributed by atoms with Crippen LogP contribution >= 0.6 is 0 Å². The SMILES string of the molecule is CN1C(=O)c2cccc(N3c4ccc(-c5cncnc5)cc4C4C=CC=CC43C)c2C1=O. The van der Waals surface area contributed by atoms with Gasteiger partial charge in [-0.15, -0.1) is 0 Å². The minimum atomic E-state index is -0.414. The van der Waals surface area contributed by atoms with E-state index in [-0.39, 0.29) is 17.7 Å². The first kappa shape index (κ1) is 18.7. The lowest BCUT2D eigenvalue weighted by Crippen LogP contribution is -2.42.